The maximum absolute atomic E-state index is 11.8. The van der Waals surface area contributed by atoms with Crippen LogP contribution >= 0.6 is 0 Å². The molecule has 0 aliphatic rings. The van der Waals surface area contributed by atoms with E-state index in [9.17, 15) is 9.59 Å². The minimum atomic E-state index is -0.452. The van der Waals surface area contributed by atoms with Crippen molar-refractivity contribution in [2.45, 2.75) is 51.9 Å². The molecule has 0 unspecified atom stereocenters. The first-order valence-electron chi connectivity index (χ1n) is 9.40. The highest BCUT2D eigenvalue weighted by Gasteiger charge is 2.08. The van der Waals surface area contributed by atoms with E-state index < -0.39 is 5.63 Å². The fourth-order valence-corrected chi connectivity index (χ4v) is 2.70. The second-order valence-electron chi connectivity index (χ2n) is 6.34. The minimum Gasteiger partial charge on any atom is -0.493 e. The molecule has 0 saturated carbocycles. The van der Waals surface area contributed by atoms with Crippen molar-refractivity contribution < 1.29 is 23.9 Å². The smallest absolute Gasteiger partial charge is 0.339 e. The fraction of sp³-hybridized carbons (Fsp3) is 0.500. The molecule has 0 spiro atoms. The van der Waals surface area contributed by atoms with Gasteiger partial charge in [-0.05, 0) is 31.4 Å². The molecule has 1 aromatic heterocycles. The van der Waals surface area contributed by atoms with Gasteiger partial charge in [-0.1, -0.05) is 26.2 Å². The summed E-state index contributed by atoms with van der Waals surface area (Å²) in [5.41, 5.74) is 1.63. The van der Waals surface area contributed by atoms with Crippen molar-refractivity contribution in [1.29, 1.82) is 0 Å². The van der Waals surface area contributed by atoms with Crippen molar-refractivity contribution in [3.8, 4) is 11.5 Å². The van der Waals surface area contributed by atoms with Crippen molar-refractivity contribution in [1.82, 2.24) is 5.48 Å². The highest BCUT2D eigenvalue weighted by molar-refractivity contribution is 5.84. The molecule has 27 heavy (non-hydrogen) atoms. The molecular weight excluding hydrogens is 350 g/mol. The quantitative estimate of drug-likeness (QED) is 0.253. The summed E-state index contributed by atoms with van der Waals surface area (Å²) in [6, 6.07) is 6.75. The van der Waals surface area contributed by atoms with Gasteiger partial charge in [-0.3, -0.25) is 10.0 Å². The highest BCUT2D eigenvalue weighted by Crippen LogP contribution is 2.27. The Hall–Kier alpha value is -2.54. The highest BCUT2D eigenvalue weighted by atomic mass is 16.5. The lowest BCUT2D eigenvalue weighted by Gasteiger charge is -2.10. The zero-order valence-electron chi connectivity index (χ0n) is 15.7. The summed E-state index contributed by atoms with van der Waals surface area (Å²) in [5, 5.41) is 9.16. The van der Waals surface area contributed by atoms with Crippen LogP contribution in [0.4, 0.5) is 0 Å². The Balaban J connectivity index is 1.82. The predicted octanol–water partition coefficient (Wildman–Crippen LogP) is 3.81. The lowest BCUT2D eigenvalue weighted by Crippen LogP contribution is -2.17. The van der Waals surface area contributed by atoms with Crippen LogP contribution in [-0.2, 0) is 4.79 Å². The normalized spacial score (nSPS) is 10.7. The van der Waals surface area contributed by atoms with Gasteiger partial charge >= 0.3 is 5.63 Å². The van der Waals surface area contributed by atoms with Crippen molar-refractivity contribution >= 4 is 16.9 Å². The molecule has 0 aliphatic carbocycles. The SMILES string of the molecule is CCCOc1ccc2c(OCCCCCCCC(=O)NO)cc(=O)oc2c1. The number of carbonyl (C=O) groups excluding carboxylic acids is 1. The van der Waals surface area contributed by atoms with E-state index in [-0.39, 0.29) is 5.91 Å². The van der Waals surface area contributed by atoms with Crippen LogP contribution in [0.2, 0.25) is 0 Å². The van der Waals surface area contributed by atoms with Crippen molar-refractivity contribution in [2.75, 3.05) is 13.2 Å². The largest absolute Gasteiger partial charge is 0.493 e. The maximum atomic E-state index is 11.8. The van der Waals surface area contributed by atoms with Gasteiger partial charge in [-0.2, -0.15) is 0 Å². The van der Waals surface area contributed by atoms with Crippen LogP contribution < -0.4 is 20.6 Å². The van der Waals surface area contributed by atoms with E-state index in [0.717, 1.165) is 43.9 Å². The summed E-state index contributed by atoms with van der Waals surface area (Å²) in [7, 11) is 0. The average molecular weight is 377 g/mol. The molecule has 0 atom stereocenters. The number of unbranched alkanes of at least 4 members (excludes halogenated alkanes) is 4. The third-order valence-corrected chi connectivity index (χ3v) is 4.08. The first-order chi connectivity index (χ1) is 13.1. The number of rotatable bonds is 12. The number of hydrogen-bond acceptors (Lipinski definition) is 6. The Morgan fingerprint density at radius 1 is 1.07 bits per heavy atom. The molecule has 1 aromatic carbocycles. The zero-order valence-corrected chi connectivity index (χ0v) is 15.7. The Morgan fingerprint density at radius 2 is 1.85 bits per heavy atom. The van der Waals surface area contributed by atoms with Crippen LogP contribution in [0.25, 0.3) is 11.0 Å². The van der Waals surface area contributed by atoms with Crippen molar-refractivity contribution in [3.05, 3.63) is 34.7 Å². The molecule has 0 fully saturated rings. The van der Waals surface area contributed by atoms with Crippen molar-refractivity contribution in [3.63, 3.8) is 0 Å². The third kappa shape index (κ3) is 6.94. The summed E-state index contributed by atoms with van der Waals surface area (Å²) in [6.45, 7) is 3.14. The molecule has 2 aromatic rings. The topological polar surface area (TPSA) is 98.0 Å². The summed E-state index contributed by atoms with van der Waals surface area (Å²) in [6.07, 6.45) is 5.72. The summed E-state index contributed by atoms with van der Waals surface area (Å²) in [5.74, 6) is 0.832. The Morgan fingerprint density at radius 3 is 2.63 bits per heavy atom. The molecular formula is C20H27NO6. The van der Waals surface area contributed by atoms with Gasteiger partial charge in [0.25, 0.3) is 0 Å². The van der Waals surface area contributed by atoms with Crippen LogP contribution in [0.3, 0.4) is 0 Å². The Labute approximate surface area is 158 Å². The van der Waals surface area contributed by atoms with Gasteiger partial charge in [-0.15, -0.1) is 0 Å². The molecule has 2 N–H and O–H groups in total. The van der Waals surface area contributed by atoms with Crippen LogP contribution in [0.5, 0.6) is 11.5 Å². The summed E-state index contributed by atoms with van der Waals surface area (Å²) < 4.78 is 16.6. The van der Waals surface area contributed by atoms with Gasteiger partial charge in [0.2, 0.25) is 5.91 Å². The predicted molar refractivity (Wildman–Crippen MR) is 101 cm³/mol. The first-order valence-corrected chi connectivity index (χ1v) is 9.40. The van der Waals surface area contributed by atoms with Crippen LogP contribution in [0, 0.1) is 0 Å². The number of fused-ring (bicyclic) bond motifs is 1. The molecule has 2 rings (SSSR count). The average Bonchev–Trinajstić information content (AvgIpc) is 2.67. The molecule has 0 saturated heterocycles. The Bertz CT molecular complexity index is 786. The third-order valence-electron chi connectivity index (χ3n) is 4.08. The number of amides is 1. The molecule has 1 heterocycles. The zero-order chi connectivity index (χ0) is 19.5. The maximum Gasteiger partial charge on any atom is 0.339 e. The first kappa shape index (κ1) is 20.8. The number of ether oxygens (including phenoxy) is 2. The molecule has 0 aliphatic heterocycles. The summed E-state index contributed by atoms with van der Waals surface area (Å²) >= 11 is 0. The van der Waals surface area contributed by atoms with E-state index in [4.69, 9.17) is 19.1 Å². The molecule has 7 nitrogen and oxygen atoms in total. The van der Waals surface area contributed by atoms with Crippen molar-refractivity contribution in [2.24, 2.45) is 0 Å². The molecule has 7 heteroatoms. The number of nitrogens with one attached hydrogen (secondary N) is 1. The monoisotopic (exact) mass is 377 g/mol. The van der Waals surface area contributed by atoms with Crippen LogP contribution in [-0.4, -0.2) is 24.3 Å². The van der Waals surface area contributed by atoms with E-state index in [1.165, 1.54) is 6.07 Å². The minimum absolute atomic E-state index is 0.336. The van der Waals surface area contributed by atoms with E-state index >= 15 is 0 Å². The van der Waals surface area contributed by atoms with Gasteiger partial charge in [0.05, 0.1) is 24.7 Å². The van der Waals surface area contributed by atoms with Crippen LogP contribution in [0.1, 0.15) is 51.9 Å². The van der Waals surface area contributed by atoms with Gasteiger partial charge in [0.1, 0.15) is 17.1 Å². The van der Waals surface area contributed by atoms with Gasteiger partial charge in [0.15, 0.2) is 0 Å². The lowest BCUT2D eigenvalue weighted by atomic mass is 10.1. The van der Waals surface area contributed by atoms with E-state index in [2.05, 4.69) is 0 Å². The molecule has 1 amide bonds. The molecule has 0 radical (unpaired) electrons. The standard InChI is InChI=1S/C20H27NO6/c1-2-11-25-15-9-10-16-17(14-20(23)27-18(16)13-15)26-12-7-5-3-4-6-8-19(22)21-24/h9-10,13-14,24H,2-8,11-12H2,1H3,(H,21,22). The van der Waals surface area contributed by atoms with E-state index in [1.807, 2.05) is 19.1 Å². The second kappa shape index (κ2) is 11.2. The number of benzene rings is 1. The van der Waals surface area contributed by atoms with Gasteiger partial charge in [-0.25, -0.2) is 10.3 Å². The van der Waals surface area contributed by atoms with Crippen LogP contribution in [0.15, 0.2) is 33.5 Å². The summed E-state index contributed by atoms with van der Waals surface area (Å²) in [4.78, 5) is 22.7. The lowest BCUT2D eigenvalue weighted by molar-refractivity contribution is -0.129. The van der Waals surface area contributed by atoms with Gasteiger partial charge < -0.3 is 13.9 Å². The number of carbonyl (C=O) groups is 1. The fourth-order valence-electron chi connectivity index (χ4n) is 2.70. The Kier molecular flexibility index (Phi) is 8.64. The van der Waals surface area contributed by atoms with Gasteiger partial charge in [0, 0.05) is 12.5 Å². The molecule has 148 valence electrons. The number of hydrogen-bond donors (Lipinski definition) is 2. The number of hydroxylamine groups is 1. The second-order valence-corrected chi connectivity index (χ2v) is 6.34. The van der Waals surface area contributed by atoms with E-state index in [0.29, 0.717) is 36.7 Å². The van der Waals surface area contributed by atoms with E-state index in [1.54, 1.807) is 11.5 Å². The molecule has 0 bridgehead atoms.